The van der Waals surface area contributed by atoms with E-state index in [1.807, 2.05) is 13.8 Å². The fourth-order valence-electron chi connectivity index (χ4n) is 1.23. The fourth-order valence-corrected chi connectivity index (χ4v) is 1.23. The Balaban J connectivity index is 2.46. The molecule has 0 aliphatic carbocycles. The van der Waals surface area contributed by atoms with Crippen LogP contribution in [0.5, 0.6) is 0 Å². The molecule has 0 spiro atoms. The highest BCUT2D eigenvalue weighted by atomic mass is 16.2. The number of hydrogen-bond donors (Lipinski definition) is 2. The topological polar surface area (TPSA) is 58.2 Å². The first-order chi connectivity index (χ1) is 5.61. The highest BCUT2D eigenvalue weighted by Crippen LogP contribution is 2.09. The molecule has 0 aromatic rings. The fraction of sp³-hybridized carbons (Fsp3) is 0.750. The van der Waals surface area contributed by atoms with E-state index in [1.165, 1.54) is 0 Å². The molecule has 0 saturated carbocycles. The standard InChI is InChI=1S/C8H14N2O2/c1-5(2)10-8(12)6-3-4-9-7(6)11/h5-6H,3-4H2,1-2H3,(H,9,11)(H,10,12). The summed E-state index contributed by atoms with van der Waals surface area (Å²) < 4.78 is 0. The van der Waals surface area contributed by atoms with Crippen LogP contribution in [-0.4, -0.2) is 24.4 Å². The van der Waals surface area contributed by atoms with Gasteiger partial charge in [0, 0.05) is 12.6 Å². The van der Waals surface area contributed by atoms with Crippen molar-refractivity contribution in [3.63, 3.8) is 0 Å². The van der Waals surface area contributed by atoms with Crippen LogP contribution < -0.4 is 10.6 Å². The first kappa shape index (κ1) is 9.03. The molecule has 12 heavy (non-hydrogen) atoms. The van der Waals surface area contributed by atoms with Gasteiger partial charge in [0.05, 0.1) is 0 Å². The van der Waals surface area contributed by atoms with Crippen molar-refractivity contribution in [1.82, 2.24) is 10.6 Å². The Kier molecular flexibility index (Phi) is 2.68. The summed E-state index contributed by atoms with van der Waals surface area (Å²) in [6, 6.07) is 0.103. The number of nitrogens with one attached hydrogen (secondary N) is 2. The van der Waals surface area contributed by atoms with E-state index in [1.54, 1.807) is 0 Å². The maximum absolute atomic E-state index is 11.3. The number of carbonyl (C=O) groups is 2. The number of rotatable bonds is 2. The molecule has 1 aliphatic rings. The molecule has 2 amide bonds. The summed E-state index contributed by atoms with van der Waals surface area (Å²) in [6.45, 7) is 4.38. The van der Waals surface area contributed by atoms with Crippen LogP contribution in [0, 0.1) is 5.92 Å². The molecule has 2 N–H and O–H groups in total. The molecule has 4 nitrogen and oxygen atoms in total. The molecule has 1 aliphatic heterocycles. The van der Waals surface area contributed by atoms with Gasteiger partial charge in [0.1, 0.15) is 5.92 Å². The second-order valence-electron chi connectivity index (χ2n) is 3.30. The Hall–Kier alpha value is -1.06. The van der Waals surface area contributed by atoms with Crippen LogP contribution in [0.25, 0.3) is 0 Å². The highest BCUT2D eigenvalue weighted by molar-refractivity contribution is 6.01. The van der Waals surface area contributed by atoms with Crippen LogP contribution in [0.4, 0.5) is 0 Å². The Bertz CT molecular complexity index is 201. The van der Waals surface area contributed by atoms with E-state index in [9.17, 15) is 9.59 Å². The normalized spacial score (nSPS) is 22.6. The zero-order valence-electron chi connectivity index (χ0n) is 7.39. The van der Waals surface area contributed by atoms with Crippen molar-refractivity contribution >= 4 is 11.8 Å². The first-order valence-electron chi connectivity index (χ1n) is 4.19. The first-order valence-corrected chi connectivity index (χ1v) is 4.19. The van der Waals surface area contributed by atoms with Gasteiger partial charge in [0.15, 0.2) is 0 Å². The van der Waals surface area contributed by atoms with E-state index >= 15 is 0 Å². The predicted molar refractivity (Wildman–Crippen MR) is 44.4 cm³/mol. The van der Waals surface area contributed by atoms with Crippen LogP contribution in [0.3, 0.4) is 0 Å². The van der Waals surface area contributed by atoms with E-state index in [4.69, 9.17) is 0 Å². The second kappa shape index (κ2) is 3.56. The molecule has 1 atom stereocenters. The summed E-state index contributed by atoms with van der Waals surface area (Å²) in [4.78, 5) is 22.3. The third kappa shape index (κ3) is 1.96. The second-order valence-corrected chi connectivity index (χ2v) is 3.30. The van der Waals surface area contributed by atoms with E-state index in [2.05, 4.69) is 10.6 Å². The highest BCUT2D eigenvalue weighted by Gasteiger charge is 2.30. The van der Waals surface area contributed by atoms with Gasteiger partial charge in [-0.1, -0.05) is 0 Å². The van der Waals surface area contributed by atoms with Crippen molar-refractivity contribution in [3.05, 3.63) is 0 Å². The van der Waals surface area contributed by atoms with E-state index in [0.717, 1.165) is 0 Å². The summed E-state index contributed by atoms with van der Waals surface area (Å²) in [5.74, 6) is -0.763. The summed E-state index contributed by atoms with van der Waals surface area (Å²) in [6.07, 6.45) is 0.622. The minimum absolute atomic E-state index is 0.103. The summed E-state index contributed by atoms with van der Waals surface area (Å²) in [5.41, 5.74) is 0. The van der Waals surface area contributed by atoms with Gasteiger partial charge in [-0.05, 0) is 20.3 Å². The zero-order valence-corrected chi connectivity index (χ0v) is 7.39. The Labute approximate surface area is 71.7 Å². The van der Waals surface area contributed by atoms with Crippen molar-refractivity contribution in [2.45, 2.75) is 26.3 Å². The smallest absolute Gasteiger partial charge is 0.232 e. The lowest BCUT2D eigenvalue weighted by molar-refractivity contribution is -0.133. The number of amides is 2. The van der Waals surface area contributed by atoms with Crippen molar-refractivity contribution in [2.75, 3.05) is 6.54 Å². The molecule has 1 heterocycles. The van der Waals surface area contributed by atoms with Crippen LogP contribution in [-0.2, 0) is 9.59 Å². The average molecular weight is 170 g/mol. The van der Waals surface area contributed by atoms with Crippen LogP contribution >= 0.6 is 0 Å². The molecular weight excluding hydrogens is 156 g/mol. The molecule has 0 radical (unpaired) electrons. The number of carbonyl (C=O) groups excluding carboxylic acids is 2. The Morgan fingerprint density at radius 1 is 1.67 bits per heavy atom. The average Bonchev–Trinajstić information content (AvgIpc) is 2.33. The van der Waals surface area contributed by atoms with Crippen molar-refractivity contribution in [3.8, 4) is 0 Å². The minimum atomic E-state index is -0.465. The summed E-state index contributed by atoms with van der Waals surface area (Å²) in [7, 11) is 0. The number of hydrogen-bond acceptors (Lipinski definition) is 2. The molecular formula is C8H14N2O2. The van der Waals surface area contributed by atoms with E-state index in [-0.39, 0.29) is 17.9 Å². The van der Waals surface area contributed by atoms with Gasteiger partial charge in [0.2, 0.25) is 11.8 Å². The molecule has 1 rings (SSSR count). The van der Waals surface area contributed by atoms with Crippen molar-refractivity contribution < 1.29 is 9.59 Å². The van der Waals surface area contributed by atoms with Gasteiger partial charge >= 0.3 is 0 Å². The third-order valence-electron chi connectivity index (χ3n) is 1.80. The summed E-state index contributed by atoms with van der Waals surface area (Å²) in [5, 5.41) is 5.34. The predicted octanol–water partition coefficient (Wildman–Crippen LogP) is -0.353. The summed E-state index contributed by atoms with van der Waals surface area (Å²) >= 11 is 0. The van der Waals surface area contributed by atoms with Gasteiger partial charge in [-0.3, -0.25) is 9.59 Å². The third-order valence-corrected chi connectivity index (χ3v) is 1.80. The lowest BCUT2D eigenvalue weighted by Crippen LogP contribution is -2.38. The van der Waals surface area contributed by atoms with Crippen molar-refractivity contribution in [1.29, 1.82) is 0 Å². The molecule has 0 bridgehead atoms. The molecule has 1 unspecified atom stereocenters. The van der Waals surface area contributed by atoms with Crippen LogP contribution in [0.15, 0.2) is 0 Å². The monoisotopic (exact) mass is 170 g/mol. The lowest BCUT2D eigenvalue weighted by Gasteiger charge is -2.10. The van der Waals surface area contributed by atoms with Gasteiger partial charge in [-0.25, -0.2) is 0 Å². The molecule has 1 fully saturated rings. The largest absolute Gasteiger partial charge is 0.355 e. The molecule has 0 aromatic heterocycles. The van der Waals surface area contributed by atoms with Crippen molar-refractivity contribution in [2.24, 2.45) is 5.92 Å². The van der Waals surface area contributed by atoms with Gasteiger partial charge in [-0.2, -0.15) is 0 Å². The van der Waals surface area contributed by atoms with Crippen LogP contribution in [0.1, 0.15) is 20.3 Å². The molecule has 68 valence electrons. The van der Waals surface area contributed by atoms with Gasteiger partial charge < -0.3 is 10.6 Å². The Morgan fingerprint density at radius 3 is 2.75 bits per heavy atom. The quantitative estimate of drug-likeness (QED) is 0.556. The van der Waals surface area contributed by atoms with E-state index in [0.29, 0.717) is 13.0 Å². The zero-order chi connectivity index (χ0) is 9.14. The molecule has 1 saturated heterocycles. The van der Waals surface area contributed by atoms with Gasteiger partial charge in [0.25, 0.3) is 0 Å². The van der Waals surface area contributed by atoms with Gasteiger partial charge in [-0.15, -0.1) is 0 Å². The molecule has 4 heteroatoms. The molecule has 0 aromatic carbocycles. The lowest BCUT2D eigenvalue weighted by atomic mass is 10.1. The minimum Gasteiger partial charge on any atom is -0.355 e. The Morgan fingerprint density at radius 2 is 2.33 bits per heavy atom. The van der Waals surface area contributed by atoms with E-state index < -0.39 is 5.92 Å². The SMILES string of the molecule is CC(C)NC(=O)C1CCNC1=O. The maximum Gasteiger partial charge on any atom is 0.232 e. The van der Waals surface area contributed by atoms with Crippen LogP contribution in [0.2, 0.25) is 0 Å². The maximum atomic E-state index is 11.3.